The Morgan fingerprint density at radius 1 is 1.43 bits per heavy atom. The van der Waals surface area contributed by atoms with E-state index in [2.05, 4.69) is 29.7 Å². The Kier molecular flexibility index (Phi) is 3.82. The van der Waals surface area contributed by atoms with E-state index in [1.807, 2.05) is 0 Å². The second-order valence-corrected chi connectivity index (χ2v) is 4.82. The molecular weight excluding hydrogens is 312 g/mol. The average molecular weight is 323 g/mol. The van der Waals surface area contributed by atoms with E-state index >= 15 is 0 Å². The topological polar surface area (TPSA) is 116 Å². The highest BCUT2D eigenvalue weighted by molar-refractivity contribution is 6.08. The molecule has 0 fully saturated rings. The molecule has 1 unspecified atom stereocenters. The van der Waals surface area contributed by atoms with Crippen LogP contribution in [-0.2, 0) is 16.0 Å². The van der Waals surface area contributed by atoms with Gasteiger partial charge in [-0.1, -0.05) is 0 Å². The molecule has 0 saturated heterocycles. The van der Waals surface area contributed by atoms with Crippen LogP contribution in [0.5, 0.6) is 0 Å². The fraction of sp³-hybridized carbons (Fsp3) is 0.308. The van der Waals surface area contributed by atoms with Crippen LogP contribution in [0.4, 0.5) is 14.5 Å². The first-order chi connectivity index (χ1) is 11.0. The summed E-state index contributed by atoms with van der Waals surface area (Å²) in [6.45, 7) is -1.33. The molecule has 1 amide bonds. The van der Waals surface area contributed by atoms with Gasteiger partial charge in [0.25, 0.3) is 5.91 Å². The first-order valence-corrected chi connectivity index (χ1v) is 6.56. The van der Waals surface area contributed by atoms with E-state index in [4.69, 9.17) is 5.73 Å². The zero-order chi connectivity index (χ0) is 16.6. The van der Waals surface area contributed by atoms with Gasteiger partial charge in [0, 0.05) is 23.4 Å². The van der Waals surface area contributed by atoms with Gasteiger partial charge in [0.05, 0.1) is 5.69 Å². The monoisotopic (exact) mass is 323 g/mol. The molecule has 1 atom stereocenters. The maximum atomic E-state index is 12.2. The Bertz CT molecular complexity index is 830. The number of dihydropyridines is 1. The van der Waals surface area contributed by atoms with E-state index in [1.54, 1.807) is 6.92 Å². The van der Waals surface area contributed by atoms with E-state index in [1.165, 1.54) is 12.2 Å². The second kappa shape index (κ2) is 5.80. The number of aliphatic imine (C=N–C) groups is 1. The van der Waals surface area contributed by atoms with Crippen LogP contribution in [0.1, 0.15) is 11.3 Å². The summed E-state index contributed by atoms with van der Waals surface area (Å²) in [5.41, 5.74) is 8.49. The number of hydrogen-bond donors (Lipinski definition) is 1. The number of aryl methyl sites for hydroxylation is 1. The van der Waals surface area contributed by atoms with Gasteiger partial charge in [-0.3, -0.25) is 4.79 Å². The third-order valence-electron chi connectivity index (χ3n) is 3.33. The molecular formula is C13H11F2N5O3. The zero-order valence-corrected chi connectivity index (χ0v) is 11.9. The maximum Gasteiger partial charge on any atom is 0.346 e. The van der Waals surface area contributed by atoms with Crippen molar-refractivity contribution in [2.24, 2.45) is 4.99 Å². The fourth-order valence-corrected chi connectivity index (χ4v) is 2.23. The number of nitrogens with zero attached hydrogens (tertiary/aromatic N) is 4. The molecule has 0 aromatic carbocycles. The van der Waals surface area contributed by atoms with Crippen LogP contribution in [0.25, 0.3) is 11.2 Å². The number of pyridine rings is 1. The summed E-state index contributed by atoms with van der Waals surface area (Å²) in [5, 5.41) is 7.29. The van der Waals surface area contributed by atoms with Crippen molar-refractivity contribution in [1.29, 1.82) is 0 Å². The minimum atomic E-state index is -3.05. The van der Waals surface area contributed by atoms with Crippen LogP contribution < -0.4 is 5.73 Å². The van der Waals surface area contributed by atoms with Crippen molar-refractivity contribution in [1.82, 2.24) is 15.3 Å². The highest BCUT2D eigenvalue weighted by atomic mass is 19.3. The summed E-state index contributed by atoms with van der Waals surface area (Å²) < 4.78 is 33.1. The van der Waals surface area contributed by atoms with E-state index in [0.717, 1.165) is 0 Å². The molecule has 1 aliphatic rings. The highest BCUT2D eigenvalue weighted by Crippen LogP contribution is 2.24. The van der Waals surface area contributed by atoms with Gasteiger partial charge in [-0.05, 0) is 29.4 Å². The smallest absolute Gasteiger partial charge is 0.346 e. The number of allylic oxidation sites excluding steroid dienone is 1. The summed E-state index contributed by atoms with van der Waals surface area (Å²) >= 11 is 0. The van der Waals surface area contributed by atoms with Gasteiger partial charge in [-0.15, -0.1) is 0 Å². The molecule has 10 heteroatoms. The number of carbonyl (C=O) groups excluding carboxylic acids is 1. The number of rotatable bonds is 4. The first-order valence-electron chi connectivity index (χ1n) is 6.56. The quantitative estimate of drug-likeness (QED) is 0.898. The Hall–Kier alpha value is -2.75. The lowest BCUT2D eigenvalue weighted by molar-refractivity contribution is -0.164. The Morgan fingerprint density at radius 2 is 2.22 bits per heavy atom. The van der Waals surface area contributed by atoms with Crippen molar-refractivity contribution < 1.29 is 22.9 Å². The molecule has 0 aliphatic carbocycles. The number of halogens is 2. The average Bonchev–Trinajstić information content (AvgIpc) is 2.94. The number of hydrogen-bond acceptors (Lipinski definition) is 7. The molecule has 0 saturated carbocycles. The molecule has 2 aromatic heterocycles. The number of nitrogen functional groups attached to an aromatic ring is 1. The summed E-state index contributed by atoms with van der Waals surface area (Å²) in [5.74, 6) is -0.795. The Morgan fingerprint density at radius 3 is 2.91 bits per heavy atom. The highest BCUT2D eigenvalue weighted by Gasteiger charge is 2.24. The summed E-state index contributed by atoms with van der Waals surface area (Å²) in [6, 6.07) is 0. The van der Waals surface area contributed by atoms with Crippen molar-refractivity contribution in [3.8, 4) is 0 Å². The number of nitrogens with two attached hydrogens (primary N) is 1. The molecule has 0 bridgehead atoms. The number of anilines is 1. The van der Waals surface area contributed by atoms with Crippen LogP contribution >= 0.6 is 0 Å². The van der Waals surface area contributed by atoms with Crippen molar-refractivity contribution in [2.75, 3.05) is 5.73 Å². The van der Waals surface area contributed by atoms with Gasteiger partial charge < -0.3 is 10.5 Å². The summed E-state index contributed by atoms with van der Waals surface area (Å²) in [4.78, 5) is 19.6. The predicted octanol–water partition coefficient (Wildman–Crippen LogP) is 1.20. The van der Waals surface area contributed by atoms with Gasteiger partial charge in [-0.25, -0.2) is 14.6 Å². The normalized spacial score (nSPS) is 18.0. The molecule has 0 spiro atoms. The van der Waals surface area contributed by atoms with Crippen molar-refractivity contribution in [2.45, 2.75) is 26.1 Å². The molecule has 23 heavy (non-hydrogen) atoms. The number of carbonyl (C=O) groups is 1. The Balaban J connectivity index is 1.86. The lowest BCUT2D eigenvalue weighted by Crippen LogP contribution is -2.27. The van der Waals surface area contributed by atoms with Crippen LogP contribution in [-0.4, -0.2) is 39.6 Å². The van der Waals surface area contributed by atoms with Gasteiger partial charge >= 0.3 is 6.61 Å². The minimum Gasteiger partial charge on any atom is -0.396 e. The molecule has 120 valence electrons. The SMILES string of the molecule is Cc1nc2nonc2c(N)c1CC1=NC(=O)C(OC(F)F)C=C1. The predicted molar refractivity (Wildman–Crippen MR) is 74.9 cm³/mol. The van der Waals surface area contributed by atoms with Crippen LogP contribution in [0.15, 0.2) is 21.8 Å². The number of fused-ring (bicyclic) bond motifs is 1. The molecule has 2 N–H and O–H groups in total. The van der Waals surface area contributed by atoms with Gasteiger partial charge in [0.15, 0.2) is 11.6 Å². The standard InChI is InChI=1S/C13H11F2N5O3/c1-5-7(9(16)10-11(17-5)20-23-19-10)4-6-2-3-8(12(21)18-6)22-13(14)15/h2-3,8,13H,4,16H2,1H3. The third-order valence-corrected chi connectivity index (χ3v) is 3.33. The van der Waals surface area contributed by atoms with Crippen LogP contribution in [0.2, 0.25) is 0 Å². The number of alkyl halides is 2. The van der Waals surface area contributed by atoms with Crippen molar-refractivity contribution in [3.05, 3.63) is 23.4 Å². The number of ether oxygens (including phenoxy) is 1. The van der Waals surface area contributed by atoms with Crippen LogP contribution in [0, 0.1) is 6.92 Å². The Labute approximate surface area is 128 Å². The van der Waals surface area contributed by atoms with Crippen LogP contribution in [0.3, 0.4) is 0 Å². The third kappa shape index (κ3) is 2.93. The number of amides is 1. The van der Waals surface area contributed by atoms with Gasteiger partial charge in [0.1, 0.15) is 0 Å². The molecule has 3 heterocycles. The van der Waals surface area contributed by atoms with E-state index in [9.17, 15) is 13.6 Å². The van der Waals surface area contributed by atoms with Crippen molar-refractivity contribution >= 4 is 28.5 Å². The lowest BCUT2D eigenvalue weighted by atomic mass is 10.0. The first kappa shape index (κ1) is 15.2. The number of aromatic nitrogens is 3. The lowest BCUT2D eigenvalue weighted by Gasteiger charge is -2.15. The van der Waals surface area contributed by atoms with Crippen molar-refractivity contribution in [3.63, 3.8) is 0 Å². The van der Waals surface area contributed by atoms with Gasteiger partial charge in [0.2, 0.25) is 5.65 Å². The molecule has 3 rings (SSSR count). The molecule has 0 radical (unpaired) electrons. The molecule has 1 aliphatic heterocycles. The largest absolute Gasteiger partial charge is 0.396 e. The van der Waals surface area contributed by atoms with Gasteiger partial charge in [-0.2, -0.15) is 8.78 Å². The molecule has 8 nitrogen and oxygen atoms in total. The fourth-order valence-electron chi connectivity index (χ4n) is 2.23. The maximum absolute atomic E-state index is 12.2. The van der Waals surface area contributed by atoms with E-state index < -0.39 is 18.6 Å². The summed E-state index contributed by atoms with van der Waals surface area (Å²) in [7, 11) is 0. The molecule has 2 aromatic rings. The van der Waals surface area contributed by atoms with E-state index in [-0.39, 0.29) is 12.1 Å². The van der Waals surface area contributed by atoms with E-state index in [0.29, 0.717) is 28.2 Å². The second-order valence-electron chi connectivity index (χ2n) is 4.82. The zero-order valence-electron chi connectivity index (χ0n) is 11.9. The minimum absolute atomic E-state index is 0.192. The summed E-state index contributed by atoms with van der Waals surface area (Å²) in [6.07, 6.45) is 1.49.